The molecule has 1 amide bonds. The highest BCUT2D eigenvalue weighted by Crippen LogP contribution is 2.26. The highest BCUT2D eigenvalue weighted by molar-refractivity contribution is 5.90. The van der Waals surface area contributed by atoms with Gasteiger partial charge in [-0.3, -0.25) is 4.79 Å². The molecule has 1 atom stereocenters. The fourth-order valence-electron chi connectivity index (χ4n) is 3.33. The minimum atomic E-state index is -0.325. The maximum absolute atomic E-state index is 13.0. The molecular formula is C18H20N4O3. The van der Waals surface area contributed by atoms with E-state index in [1.807, 2.05) is 18.3 Å². The van der Waals surface area contributed by atoms with Crippen molar-refractivity contribution in [2.75, 3.05) is 19.8 Å². The molecule has 0 bridgehead atoms. The molecule has 3 aromatic rings. The zero-order valence-electron chi connectivity index (χ0n) is 14.3. The Balaban J connectivity index is 1.59. The van der Waals surface area contributed by atoms with Crippen molar-refractivity contribution in [3.05, 3.63) is 47.3 Å². The van der Waals surface area contributed by atoms with Gasteiger partial charge >= 0.3 is 0 Å². The third-order valence-corrected chi connectivity index (χ3v) is 4.63. The van der Waals surface area contributed by atoms with Crippen molar-refractivity contribution in [1.82, 2.24) is 20.1 Å². The van der Waals surface area contributed by atoms with Crippen LogP contribution in [0.2, 0.25) is 0 Å². The number of hydrogen-bond acceptors (Lipinski definition) is 5. The van der Waals surface area contributed by atoms with E-state index in [0.717, 1.165) is 16.5 Å². The van der Waals surface area contributed by atoms with Crippen molar-refractivity contribution in [1.29, 1.82) is 0 Å². The minimum absolute atomic E-state index is 0.0339. The van der Waals surface area contributed by atoms with Crippen molar-refractivity contribution >= 4 is 16.8 Å². The number of carbonyl (C=O) groups is 1. The van der Waals surface area contributed by atoms with Crippen LogP contribution in [0.3, 0.4) is 0 Å². The van der Waals surface area contributed by atoms with E-state index in [9.17, 15) is 4.79 Å². The van der Waals surface area contributed by atoms with Gasteiger partial charge in [-0.05, 0) is 18.1 Å². The van der Waals surface area contributed by atoms with E-state index in [1.165, 1.54) is 5.56 Å². The van der Waals surface area contributed by atoms with Gasteiger partial charge < -0.3 is 19.0 Å². The minimum Gasteiger partial charge on any atom is -0.423 e. The molecule has 7 nitrogen and oxygen atoms in total. The summed E-state index contributed by atoms with van der Waals surface area (Å²) in [5.74, 6) is 0.951. The molecule has 0 spiro atoms. The summed E-state index contributed by atoms with van der Waals surface area (Å²) in [7, 11) is 0. The number of benzene rings is 1. The van der Waals surface area contributed by atoms with Gasteiger partial charge in [0.15, 0.2) is 0 Å². The molecule has 25 heavy (non-hydrogen) atoms. The summed E-state index contributed by atoms with van der Waals surface area (Å²) in [6, 6.07) is 5.78. The van der Waals surface area contributed by atoms with Crippen LogP contribution in [-0.2, 0) is 16.0 Å². The molecule has 4 rings (SSSR count). The number of ether oxygens (including phenoxy) is 1. The number of amides is 1. The molecule has 1 saturated heterocycles. The summed E-state index contributed by atoms with van der Waals surface area (Å²) in [6.45, 7) is 5.20. The lowest BCUT2D eigenvalue weighted by Gasteiger charge is -2.33. The molecule has 1 aliphatic heterocycles. The zero-order valence-corrected chi connectivity index (χ0v) is 14.3. The third kappa shape index (κ3) is 2.91. The lowest BCUT2D eigenvalue weighted by molar-refractivity contribution is -0.140. The zero-order chi connectivity index (χ0) is 17.4. The lowest BCUT2D eigenvalue weighted by atomic mass is 10.1. The smallest absolute Gasteiger partial charge is 0.241 e. The molecule has 1 aliphatic rings. The van der Waals surface area contributed by atoms with E-state index >= 15 is 0 Å². The van der Waals surface area contributed by atoms with E-state index in [1.54, 1.807) is 11.8 Å². The number of fused-ring (bicyclic) bond motifs is 1. The van der Waals surface area contributed by atoms with Gasteiger partial charge in [-0.2, -0.15) is 0 Å². The van der Waals surface area contributed by atoms with Gasteiger partial charge in [-0.15, -0.1) is 10.2 Å². The SMILES string of the molecule is Cc1nnc([C@H]2COCCN2C(=O)Cc2c[nH]c3c(C)cccc23)o1. The normalized spacial score (nSPS) is 18.0. The quantitative estimate of drug-likeness (QED) is 0.791. The number of morpholine rings is 1. The topological polar surface area (TPSA) is 84.3 Å². The van der Waals surface area contributed by atoms with Gasteiger partial charge in [0.05, 0.1) is 19.6 Å². The third-order valence-electron chi connectivity index (χ3n) is 4.63. The standard InChI is InChI=1S/C18H20N4O3/c1-11-4-3-5-14-13(9-19-17(11)14)8-16(23)22-6-7-24-10-15(22)18-21-20-12(2)25-18/h3-5,9,15,19H,6-8,10H2,1-2H3/t15-/m1/s1. The Kier molecular flexibility index (Phi) is 4.01. The number of nitrogens with zero attached hydrogens (tertiary/aromatic N) is 3. The average molecular weight is 340 g/mol. The van der Waals surface area contributed by atoms with E-state index in [2.05, 4.69) is 28.2 Å². The first-order valence-corrected chi connectivity index (χ1v) is 8.36. The highest BCUT2D eigenvalue weighted by Gasteiger charge is 2.32. The van der Waals surface area contributed by atoms with Crippen molar-refractivity contribution < 1.29 is 13.9 Å². The van der Waals surface area contributed by atoms with Crippen LogP contribution in [0.25, 0.3) is 10.9 Å². The first-order chi connectivity index (χ1) is 12.1. The first kappa shape index (κ1) is 15.8. The van der Waals surface area contributed by atoms with E-state index in [0.29, 0.717) is 38.0 Å². The second kappa shape index (κ2) is 6.33. The second-order valence-corrected chi connectivity index (χ2v) is 6.33. The van der Waals surface area contributed by atoms with Crippen LogP contribution in [0.5, 0.6) is 0 Å². The van der Waals surface area contributed by atoms with Crippen LogP contribution in [-0.4, -0.2) is 45.7 Å². The maximum atomic E-state index is 13.0. The van der Waals surface area contributed by atoms with Gasteiger partial charge in [0.1, 0.15) is 6.04 Å². The largest absolute Gasteiger partial charge is 0.423 e. The molecule has 7 heteroatoms. The van der Waals surface area contributed by atoms with Crippen molar-refractivity contribution in [2.45, 2.75) is 26.3 Å². The number of aromatic amines is 1. The summed E-state index contributed by atoms with van der Waals surface area (Å²) >= 11 is 0. The summed E-state index contributed by atoms with van der Waals surface area (Å²) in [5.41, 5.74) is 3.24. The van der Waals surface area contributed by atoms with Crippen LogP contribution in [0, 0.1) is 13.8 Å². The number of carbonyl (C=O) groups excluding carboxylic acids is 1. The fraction of sp³-hybridized carbons (Fsp3) is 0.389. The van der Waals surface area contributed by atoms with Crippen LogP contribution >= 0.6 is 0 Å². The first-order valence-electron chi connectivity index (χ1n) is 8.36. The van der Waals surface area contributed by atoms with E-state index < -0.39 is 0 Å². The van der Waals surface area contributed by atoms with Crippen molar-refractivity contribution in [3.63, 3.8) is 0 Å². The molecule has 1 N–H and O–H groups in total. The fourth-order valence-corrected chi connectivity index (χ4v) is 3.33. The summed E-state index contributed by atoms with van der Waals surface area (Å²) in [6.07, 6.45) is 2.24. The van der Waals surface area contributed by atoms with Crippen molar-refractivity contribution in [3.8, 4) is 0 Å². The molecular weight excluding hydrogens is 320 g/mol. The van der Waals surface area contributed by atoms with Gasteiger partial charge in [0.25, 0.3) is 0 Å². The van der Waals surface area contributed by atoms with Gasteiger partial charge in [0, 0.05) is 30.6 Å². The molecule has 0 radical (unpaired) electrons. The van der Waals surface area contributed by atoms with Crippen LogP contribution in [0.15, 0.2) is 28.8 Å². The van der Waals surface area contributed by atoms with Gasteiger partial charge in [-0.1, -0.05) is 18.2 Å². The molecule has 1 fully saturated rings. The lowest BCUT2D eigenvalue weighted by Crippen LogP contribution is -2.44. The Labute approximate surface area is 145 Å². The molecule has 0 saturated carbocycles. The maximum Gasteiger partial charge on any atom is 0.241 e. The number of nitrogens with one attached hydrogen (secondary N) is 1. The highest BCUT2D eigenvalue weighted by atomic mass is 16.5. The monoisotopic (exact) mass is 340 g/mol. The van der Waals surface area contributed by atoms with Gasteiger partial charge in [-0.25, -0.2) is 0 Å². The Morgan fingerprint density at radius 2 is 2.24 bits per heavy atom. The number of H-pyrrole nitrogens is 1. The predicted molar refractivity (Wildman–Crippen MR) is 91.0 cm³/mol. The van der Waals surface area contributed by atoms with Gasteiger partial charge in [0.2, 0.25) is 17.7 Å². The van der Waals surface area contributed by atoms with Crippen LogP contribution < -0.4 is 0 Å². The number of hydrogen-bond donors (Lipinski definition) is 1. The Morgan fingerprint density at radius 3 is 3.04 bits per heavy atom. The van der Waals surface area contributed by atoms with E-state index in [4.69, 9.17) is 9.15 Å². The number of aromatic nitrogens is 3. The van der Waals surface area contributed by atoms with Crippen molar-refractivity contribution in [2.24, 2.45) is 0 Å². The molecule has 0 aliphatic carbocycles. The van der Waals surface area contributed by atoms with Crippen LogP contribution in [0.4, 0.5) is 0 Å². The Bertz CT molecular complexity index is 914. The predicted octanol–water partition coefficient (Wildman–Crippen LogP) is 2.31. The summed E-state index contributed by atoms with van der Waals surface area (Å²) < 4.78 is 11.0. The average Bonchev–Trinajstić information content (AvgIpc) is 3.22. The molecule has 3 heterocycles. The second-order valence-electron chi connectivity index (χ2n) is 6.33. The summed E-state index contributed by atoms with van der Waals surface area (Å²) in [5, 5.41) is 9.02. The summed E-state index contributed by atoms with van der Waals surface area (Å²) in [4.78, 5) is 18.0. The molecule has 1 aromatic carbocycles. The van der Waals surface area contributed by atoms with E-state index in [-0.39, 0.29) is 11.9 Å². The Morgan fingerprint density at radius 1 is 1.36 bits per heavy atom. The van der Waals surface area contributed by atoms with Crippen LogP contribution in [0.1, 0.15) is 29.0 Å². The molecule has 130 valence electrons. The molecule has 2 aromatic heterocycles. The Hall–Kier alpha value is -2.67. The molecule has 0 unspecified atom stereocenters. The number of para-hydroxylation sites is 1. The number of rotatable bonds is 3. The number of aryl methyl sites for hydroxylation is 2.